The molecule has 2 nitrogen and oxygen atoms in total. The Morgan fingerprint density at radius 3 is 3.06 bits per heavy atom. The van der Waals surface area contributed by atoms with E-state index in [0.717, 1.165) is 29.6 Å². The zero-order chi connectivity index (χ0) is 11.5. The van der Waals surface area contributed by atoms with E-state index in [1.165, 1.54) is 0 Å². The van der Waals surface area contributed by atoms with Gasteiger partial charge in [0.2, 0.25) is 0 Å². The standard InChI is InChI=1S/C11H14Cl2N2S/c1-8-7-16-5-4-15(8)11-3-2-9(13)10(6-12)14-11/h2-3,8H,4-7H2,1H3. The molecule has 2 heterocycles. The molecule has 1 unspecified atom stereocenters. The molecule has 0 radical (unpaired) electrons. The van der Waals surface area contributed by atoms with Crippen LogP contribution in [-0.2, 0) is 5.88 Å². The predicted molar refractivity (Wildman–Crippen MR) is 72.9 cm³/mol. The molecule has 0 spiro atoms. The van der Waals surface area contributed by atoms with Gasteiger partial charge < -0.3 is 4.90 Å². The Bertz CT molecular complexity index is 373. The van der Waals surface area contributed by atoms with Crippen molar-refractivity contribution in [3.63, 3.8) is 0 Å². The molecule has 0 aliphatic carbocycles. The molecule has 1 aliphatic heterocycles. The van der Waals surface area contributed by atoms with Crippen LogP contribution >= 0.6 is 35.0 Å². The summed E-state index contributed by atoms with van der Waals surface area (Å²) in [4.78, 5) is 6.84. The molecule has 0 aromatic carbocycles. The van der Waals surface area contributed by atoms with Gasteiger partial charge in [0.05, 0.1) is 16.6 Å². The summed E-state index contributed by atoms with van der Waals surface area (Å²) >= 11 is 13.8. The summed E-state index contributed by atoms with van der Waals surface area (Å²) in [7, 11) is 0. The van der Waals surface area contributed by atoms with Crippen LogP contribution in [0, 0.1) is 0 Å². The van der Waals surface area contributed by atoms with E-state index < -0.39 is 0 Å². The third-order valence-corrected chi connectivity index (χ3v) is 4.48. The van der Waals surface area contributed by atoms with Crippen LogP contribution in [0.25, 0.3) is 0 Å². The summed E-state index contributed by atoms with van der Waals surface area (Å²) in [5.74, 6) is 3.67. The molecule has 0 saturated carbocycles. The van der Waals surface area contributed by atoms with Crippen LogP contribution in [0.15, 0.2) is 12.1 Å². The Labute approximate surface area is 110 Å². The minimum Gasteiger partial charge on any atom is -0.352 e. The number of halogens is 2. The highest BCUT2D eigenvalue weighted by Crippen LogP contribution is 2.25. The Hall–Kier alpha value is -0.120. The van der Waals surface area contributed by atoms with Crippen molar-refractivity contribution in [2.45, 2.75) is 18.8 Å². The van der Waals surface area contributed by atoms with E-state index in [1.807, 2.05) is 23.9 Å². The Morgan fingerprint density at radius 2 is 2.38 bits per heavy atom. The van der Waals surface area contributed by atoms with Crippen molar-refractivity contribution in [2.24, 2.45) is 0 Å². The van der Waals surface area contributed by atoms with Gasteiger partial charge in [-0.05, 0) is 19.1 Å². The third kappa shape index (κ3) is 2.58. The van der Waals surface area contributed by atoms with Gasteiger partial charge in [-0.15, -0.1) is 11.6 Å². The van der Waals surface area contributed by atoms with Crippen LogP contribution in [0.3, 0.4) is 0 Å². The summed E-state index contributed by atoms with van der Waals surface area (Å²) in [5, 5.41) is 0.651. The maximum Gasteiger partial charge on any atom is 0.129 e. The maximum atomic E-state index is 6.00. The molecule has 16 heavy (non-hydrogen) atoms. The highest BCUT2D eigenvalue weighted by Gasteiger charge is 2.20. The van der Waals surface area contributed by atoms with Crippen LogP contribution in [0.1, 0.15) is 12.6 Å². The first-order chi connectivity index (χ1) is 7.72. The van der Waals surface area contributed by atoms with Gasteiger partial charge in [0.25, 0.3) is 0 Å². The zero-order valence-corrected chi connectivity index (χ0v) is 11.4. The predicted octanol–water partition coefficient (Wildman–Crippen LogP) is 3.42. The fourth-order valence-electron chi connectivity index (χ4n) is 1.79. The van der Waals surface area contributed by atoms with Crippen molar-refractivity contribution in [1.29, 1.82) is 0 Å². The fourth-order valence-corrected chi connectivity index (χ4v) is 3.25. The number of thioether (sulfide) groups is 1. The second kappa shape index (κ2) is 5.48. The number of anilines is 1. The third-order valence-electron chi connectivity index (χ3n) is 2.69. The lowest BCUT2D eigenvalue weighted by Crippen LogP contribution is -2.40. The zero-order valence-electron chi connectivity index (χ0n) is 9.12. The average Bonchev–Trinajstić information content (AvgIpc) is 2.31. The molecule has 1 aromatic rings. The van der Waals surface area contributed by atoms with Crippen LogP contribution in [0.2, 0.25) is 5.02 Å². The second-order valence-electron chi connectivity index (χ2n) is 3.85. The summed E-state index contributed by atoms with van der Waals surface area (Å²) in [6.07, 6.45) is 0. The van der Waals surface area contributed by atoms with Crippen molar-refractivity contribution in [1.82, 2.24) is 4.98 Å². The highest BCUT2D eigenvalue weighted by molar-refractivity contribution is 7.99. The molecule has 1 saturated heterocycles. The van der Waals surface area contributed by atoms with Crippen molar-refractivity contribution >= 4 is 40.8 Å². The monoisotopic (exact) mass is 276 g/mol. The van der Waals surface area contributed by atoms with Gasteiger partial charge in [-0.1, -0.05) is 11.6 Å². The molecule has 1 atom stereocenters. The van der Waals surface area contributed by atoms with E-state index >= 15 is 0 Å². The molecule has 1 aliphatic rings. The van der Waals surface area contributed by atoms with Crippen LogP contribution in [0.5, 0.6) is 0 Å². The lowest BCUT2D eigenvalue weighted by Gasteiger charge is -2.34. The number of pyridine rings is 1. The van der Waals surface area contributed by atoms with Crippen molar-refractivity contribution < 1.29 is 0 Å². The topological polar surface area (TPSA) is 16.1 Å². The molecule has 1 aromatic heterocycles. The molecule has 88 valence electrons. The van der Waals surface area contributed by atoms with E-state index in [4.69, 9.17) is 23.2 Å². The average molecular weight is 277 g/mol. The number of rotatable bonds is 2. The molecule has 1 fully saturated rings. The number of nitrogens with zero attached hydrogens (tertiary/aromatic N) is 2. The van der Waals surface area contributed by atoms with Crippen LogP contribution in [-0.4, -0.2) is 29.1 Å². The SMILES string of the molecule is CC1CSCCN1c1ccc(Cl)c(CCl)n1. The van der Waals surface area contributed by atoms with Crippen molar-refractivity contribution in [3.8, 4) is 0 Å². The maximum absolute atomic E-state index is 6.00. The second-order valence-corrected chi connectivity index (χ2v) is 5.67. The van der Waals surface area contributed by atoms with Gasteiger partial charge in [-0.3, -0.25) is 0 Å². The van der Waals surface area contributed by atoms with Gasteiger partial charge in [0, 0.05) is 24.1 Å². The summed E-state index contributed by atoms with van der Waals surface area (Å²) < 4.78 is 0. The van der Waals surface area contributed by atoms with Gasteiger partial charge >= 0.3 is 0 Å². The quantitative estimate of drug-likeness (QED) is 0.771. The van der Waals surface area contributed by atoms with Crippen LogP contribution in [0.4, 0.5) is 5.82 Å². The largest absolute Gasteiger partial charge is 0.352 e. The first-order valence-corrected chi connectivity index (χ1v) is 7.35. The lowest BCUT2D eigenvalue weighted by atomic mass is 10.3. The van der Waals surface area contributed by atoms with E-state index in [2.05, 4.69) is 16.8 Å². The van der Waals surface area contributed by atoms with Gasteiger partial charge in [-0.2, -0.15) is 11.8 Å². The number of hydrogen-bond acceptors (Lipinski definition) is 3. The molecular formula is C11H14Cl2N2S. The summed E-state index contributed by atoms with van der Waals surface area (Å²) in [6.45, 7) is 3.27. The molecular weight excluding hydrogens is 263 g/mol. The van der Waals surface area contributed by atoms with E-state index in [0.29, 0.717) is 16.9 Å². The molecule has 5 heteroatoms. The van der Waals surface area contributed by atoms with E-state index in [1.54, 1.807) is 0 Å². The molecule has 0 bridgehead atoms. The fraction of sp³-hybridized carbons (Fsp3) is 0.545. The Kier molecular flexibility index (Phi) is 4.22. The van der Waals surface area contributed by atoms with Gasteiger partial charge in [-0.25, -0.2) is 4.98 Å². The van der Waals surface area contributed by atoms with E-state index in [-0.39, 0.29) is 0 Å². The van der Waals surface area contributed by atoms with Crippen molar-refractivity contribution in [2.75, 3.05) is 23.0 Å². The highest BCUT2D eigenvalue weighted by atomic mass is 35.5. The summed E-state index contributed by atoms with van der Waals surface area (Å²) in [5.41, 5.74) is 0.770. The minimum absolute atomic E-state index is 0.365. The summed E-state index contributed by atoms with van der Waals surface area (Å²) in [6, 6.07) is 4.39. The molecule has 0 amide bonds. The number of hydrogen-bond donors (Lipinski definition) is 0. The first kappa shape index (κ1) is 12.3. The Balaban J connectivity index is 2.25. The van der Waals surface area contributed by atoms with Crippen molar-refractivity contribution in [3.05, 3.63) is 22.8 Å². The molecule has 2 rings (SSSR count). The van der Waals surface area contributed by atoms with E-state index in [9.17, 15) is 0 Å². The normalized spacial score (nSPS) is 21.2. The lowest BCUT2D eigenvalue weighted by molar-refractivity contribution is 0.688. The Morgan fingerprint density at radius 1 is 1.56 bits per heavy atom. The molecule has 0 N–H and O–H groups in total. The van der Waals surface area contributed by atoms with Gasteiger partial charge in [0.15, 0.2) is 0 Å². The number of alkyl halides is 1. The van der Waals surface area contributed by atoms with Gasteiger partial charge in [0.1, 0.15) is 5.82 Å². The number of aromatic nitrogens is 1. The van der Waals surface area contributed by atoms with Crippen LogP contribution < -0.4 is 4.90 Å². The first-order valence-electron chi connectivity index (χ1n) is 5.28. The minimum atomic E-state index is 0.365. The smallest absolute Gasteiger partial charge is 0.129 e.